The molecule has 4 aromatic rings. The lowest BCUT2D eigenvalue weighted by Crippen LogP contribution is -2.16. The summed E-state index contributed by atoms with van der Waals surface area (Å²) in [7, 11) is 0. The number of carbonyl (C=O) groups is 2. The zero-order valence-corrected chi connectivity index (χ0v) is 18.0. The fourth-order valence-electron chi connectivity index (χ4n) is 3.01. The Balaban J connectivity index is 1.30. The van der Waals surface area contributed by atoms with E-state index < -0.39 is 11.9 Å². The van der Waals surface area contributed by atoms with Gasteiger partial charge in [-0.05, 0) is 72.6 Å². The van der Waals surface area contributed by atoms with E-state index in [0.717, 1.165) is 17.4 Å². The van der Waals surface area contributed by atoms with Crippen LogP contribution in [0.4, 0.5) is 0 Å². The zero-order valence-electron chi connectivity index (χ0n) is 18.0. The molecule has 0 saturated heterocycles. The van der Waals surface area contributed by atoms with Crippen molar-refractivity contribution in [3.8, 4) is 11.5 Å². The number of furan rings is 1. The minimum absolute atomic E-state index is 0.181. The Labute approximate surface area is 190 Å². The van der Waals surface area contributed by atoms with Crippen LogP contribution in [0.2, 0.25) is 0 Å². The van der Waals surface area contributed by atoms with Crippen LogP contribution in [0.1, 0.15) is 39.8 Å². The number of rotatable bonds is 8. The molecular weight excluding hydrogens is 420 g/mol. The van der Waals surface area contributed by atoms with Crippen LogP contribution in [0.3, 0.4) is 0 Å². The van der Waals surface area contributed by atoms with Crippen molar-refractivity contribution in [3.63, 3.8) is 0 Å². The van der Waals surface area contributed by atoms with Crippen LogP contribution < -0.4 is 14.9 Å². The summed E-state index contributed by atoms with van der Waals surface area (Å²) >= 11 is 0. The third kappa shape index (κ3) is 5.65. The monoisotopic (exact) mass is 442 g/mol. The number of fused-ring (bicyclic) bond motifs is 1. The maximum absolute atomic E-state index is 12.3. The van der Waals surface area contributed by atoms with Crippen LogP contribution in [-0.2, 0) is 0 Å². The first kappa shape index (κ1) is 21.8. The van der Waals surface area contributed by atoms with Crippen molar-refractivity contribution in [3.05, 3.63) is 95.7 Å². The molecule has 7 nitrogen and oxygen atoms in total. The average Bonchev–Trinajstić information content (AvgIpc) is 3.29. The Morgan fingerprint density at radius 3 is 2.42 bits per heavy atom. The molecule has 1 heterocycles. The van der Waals surface area contributed by atoms with Gasteiger partial charge < -0.3 is 13.9 Å². The molecule has 1 amide bonds. The number of nitrogens with zero attached hydrogens (tertiary/aromatic N) is 1. The third-order valence-electron chi connectivity index (χ3n) is 4.68. The smallest absolute Gasteiger partial charge is 0.343 e. The largest absolute Gasteiger partial charge is 0.494 e. The fraction of sp³-hybridized carbons (Fsp3) is 0.115. The van der Waals surface area contributed by atoms with Crippen molar-refractivity contribution in [1.29, 1.82) is 0 Å². The Hall–Kier alpha value is -4.39. The lowest BCUT2D eigenvalue weighted by atomic mass is 10.2. The van der Waals surface area contributed by atoms with Gasteiger partial charge in [0, 0.05) is 5.39 Å². The van der Waals surface area contributed by atoms with Crippen molar-refractivity contribution in [2.24, 2.45) is 5.10 Å². The number of benzene rings is 3. The zero-order chi connectivity index (χ0) is 23.0. The van der Waals surface area contributed by atoms with Crippen molar-refractivity contribution in [2.45, 2.75) is 13.3 Å². The number of esters is 1. The van der Waals surface area contributed by atoms with Gasteiger partial charge in [0.1, 0.15) is 17.1 Å². The number of para-hydroxylation sites is 1. The van der Waals surface area contributed by atoms with Gasteiger partial charge in [-0.25, -0.2) is 10.2 Å². The lowest BCUT2D eigenvalue weighted by Gasteiger charge is -2.07. The molecule has 0 spiro atoms. The van der Waals surface area contributed by atoms with Gasteiger partial charge in [0.2, 0.25) is 0 Å². The van der Waals surface area contributed by atoms with Gasteiger partial charge in [0.05, 0.1) is 18.4 Å². The van der Waals surface area contributed by atoms with Gasteiger partial charge in [0.15, 0.2) is 5.76 Å². The SMILES string of the molecule is CCCOc1ccc(C(=O)Oc2ccc(C=NNC(=O)c3cc4ccccc4o3)cc2)cc1. The summed E-state index contributed by atoms with van der Waals surface area (Å²) in [5.74, 6) is 0.385. The molecule has 4 rings (SSSR count). The molecule has 7 heteroatoms. The van der Waals surface area contributed by atoms with Gasteiger partial charge in [0.25, 0.3) is 0 Å². The minimum Gasteiger partial charge on any atom is -0.494 e. The molecule has 166 valence electrons. The third-order valence-corrected chi connectivity index (χ3v) is 4.68. The van der Waals surface area contributed by atoms with E-state index in [0.29, 0.717) is 29.3 Å². The van der Waals surface area contributed by atoms with E-state index in [1.165, 1.54) is 6.21 Å². The summed E-state index contributed by atoms with van der Waals surface area (Å²) in [6.45, 7) is 2.66. The van der Waals surface area contributed by atoms with E-state index in [9.17, 15) is 9.59 Å². The number of carbonyl (C=O) groups excluding carboxylic acids is 2. The van der Waals surface area contributed by atoms with E-state index in [1.54, 1.807) is 60.7 Å². The molecule has 0 unspecified atom stereocenters. The van der Waals surface area contributed by atoms with Crippen molar-refractivity contribution in [2.75, 3.05) is 6.61 Å². The van der Waals surface area contributed by atoms with Gasteiger partial charge in [-0.3, -0.25) is 4.79 Å². The van der Waals surface area contributed by atoms with Crippen molar-refractivity contribution < 1.29 is 23.5 Å². The number of ether oxygens (including phenoxy) is 2. The average molecular weight is 442 g/mol. The summed E-state index contributed by atoms with van der Waals surface area (Å²) in [5.41, 5.74) is 4.22. The summed E-state index contributed by atoms with van der Waals surface area (Å²) in [6.07, 6.45) is 2.40. The van der Waals surface area contributed by atoms with E-state index in [4.69, 9.17) is 13.9 Å². The lowest BCUT2D eigenvalue weighted by molar-refractivity contribution is 0.0734. The highest BCUT2D eigenvalue weighted by Gasteiger charge is 2.11. The second kappa shape index (κ2) is 10.3. The van der Waals surface area contributed by atoms with Crippen molar-refractivity contribution in [1.82, 2.24) is 5.43 Å². The minimum atomic E-state index is -0.462. The number of hydrogen-bond acceptors (Lipinski definition) is 6. The normalized spacial score (nSPS) is 10.9. The van der Waals surface area contributed by atoms with Gasteiger partial charge in [-0.15, -0.1) is 0 Å². The molecule has 1 aromatic heterocycles. The van der Waals surface area contributed by atoms with Gasteiger partial charge in [-0.2, -0.15) is 5.10 Å². The molecule has 0 fully saturated rings. The summed E-state index contributed by atoms with van der Waals surface area (Å²) in [4.78, 5) is 24.5. The quantitative estimate of drug-likeness (QED) is 0.175. The second-order valence-electron chi connectivity index (χ2n) is 7.18. The van der Waals surface area contributed by atoms with Gasteiger partial charge in [-0.1, -0.05) is 25.1 Å². The Kier molecular flexibility index (Phi) is 6.80. The topological polar surface area (TPSA) is 90.1 Å². The van der Waals surface area contributed by atoms with Crippen LogP contribution in [0.15, 0.2) is 88.4 Å². The van der Waals surface area contributed by atoms with Crippen LogP contribution in [0.25, 0.3) is 11.0 Å². The molecule has 0 atom stereocenters. The highest BCUT2D eigenvalue weighted by Crippen LogP contribution is 2.19. The highest BCUT2D eigenvalue weighted by molar-refractivity contribution is 5.96. The Morgan fingerprint density at radius 2 is 1.70 bits per heavy atom. The van der Waals surface area contributed by atoms with Crippen LogP contribution in [0, 0.1) is 0 Å². The molecule has 3 aromatic carbocycles. The van der Waals surface area contributed by atoms with E-state index in [1.807, 2.05) is 25.1 Å². The first-order chi connectivity index (χ1) is 16.1. The fourth-order valence-corrected chi connectivity index (χ4v) is 3.01. The number of hydrogen-bond donors (Lipinski definition) is 1. The molecule has 0 radical (unpaired) electrons. The highest BCUT2D eigenvalue weighted by atomic mass is 16.5. The van der Waals surface area contributed by atoms with Crippen LogP contribution in [-0.4, -0.2) is 24.7 Å². The molecule has 0 aliphatic rings. The molecule has 1 N–H and O–H groups in total. The molecule has 0 aliphatic heterocycles. The van der Waals surface area contributed by atoms with Crippen LogP contribution in [0.5, 0.6) is 11.5 Å². The number of amides is 1. The van der Waals surface area contributed by atoms with Crippen molar-refractivity contribution >= 4 is 29.1 Å². The van der Waals surface area contributed by atoms with E-state index >= 15 is 0 Å². The first-order valence-corrected chi connectivity index (χ1v) is 10.5. The van der Waals surface area contributed by atoms with E-state index in [2.05, 4.69) is 10.5 Å². The molecule has 0 aliphatic carbocycles. The molecule has 0 bridgehead atoms. The Bertz CT molecular complexity index is 1240. The molecular formula is C26H22N2O5. The predicted molar refractivity (Wildman–Crippen MR) is 125 cm³/mol. The first-order valence-electron chi connectivity index (χ1n) is 10.5. The molecule has 33 heavy (non-hydrogen) atoms. The Morgan fingerprint density at radius 1 is 0.970 bits per heavy atom. The molecule has 0 saturated carbocycles. The van der Waals surface area contributed by atoms with E-state index in [-0.39, 0.29) is 5.76 Å². The second-order valence-corrected chi connectivity index (χ2v) is 7.18. The summed E-state index contributed by atoms with van der Waals surface area (Å²) in [5, 5.41) is 4.80. The maximum Gasteiger partial charge on any atom is 0.343 e. The predicted octanol–water partition coefficient (Wildman–Crippen LogP) is 5.20. The van der Waals surface area contributed by atoms with Gasteiger partial charge >= 0.3 is 11.9 Å². The number of nitrogens with one attached hydrogen (secondary N) is 1. The maximum atomic E-state index is 12.3. The summed E-state index contributed by atoms with van der Waals surface area (Å²) in [6, 6.07) is 22.6. The number of hydrazone groups is 1. The standard InChI is InChI=1S/C26H22N2O5/c1-2-15-31-21-13-9-19(10-14-21)26(30)32-22-11-7-18(8-12-22)17-27-28-25(29)24-16-20-5-3-4-6-23(20)33-24/h3-14,16-17H,2,15H2,1H3,(H,28,29). The summed E-state index contributed by atoms with van der Waals surface area (Å²) < 4.78 is 16.4. The van der Waals surface area contributed by atoms with Crippen LogP contribution >= 0.6 is 0 Å².